The van der Waals surface area contributed by atoms with Crippen molar-refractivity contribution >= 4 is 22.5 Å². The fourth-order valence-corrected chi connectivity index (χ4v) is 6.16. The largest absolute Gasteiger partial charge is 0.633 e. The van der Waals surface area contributed by atoms with E-state index in [9.17, 15) is 34.3 Å². The van der Waals surface area contributed by atoms with E-state index in [0.29, 0.717) is 24.8 Å². The third kappa shape index (κ3) is 10.00. The second kappa shape index (κ2) is 15.2. The Morgan fingerprint density at radius 1 is 1.02 bits per heavy atom. The van der Waals surface area contributed by atoms with Gasteiger partial charge in [-0.05, 0) is 54.0 Å². The van der Waals surface area contributed by atoms with E-state index in [1.165, 1.54) is 20.4 Å². The highest BCUT2D eigenvalue weighted by molar-refractivity contribution is 7.84. The summed E-state index contributed by atoms with van der Waals surface area (Å²) in [6.07, 6.45) is -1.28. The number of benzene rings is 2. The average Bonchev–Trinajstić information content (AvgIpc) is 2.93. The molecule has 244 valence electrons. The molecule has 2 aromatic carbocycles. The molecule has 1 heterocycles. The van der Waals surface area contributed by atoms with Crippen LogP contribution >= 0.6 is 0 Å². The van der Waals surface area contributed by atoms with Crippen LogP contribution in [-0.2, 0) is 38.0 Å². The van der Waals surface area contributed by atoms with Gasteiger partial charge in [0.1, 0.15) is 30.2 Å². The predicted molar refractivity (Wildman–Crippen MR) is 170 cm³/mol. The number of likely N-dealkylation sites (N-methyl/N-ethyl adjacent to an activating group) is 1. The summed E-state index contributed by atoms with van der Waals surface area (Å²) in [5.74, 6) is -0.196. The number of ether oxygens (including phenoxy) is 1. The van der Waals surface area contributed by atoms with E-state index in [0.717, 1.165) is 28.7 Å². The number of aryl methyl sites for hydroxylation is 2. The van der Waals surface area contributed by atoms with Crippen molar-refractivity contribution in [3.63, 3.8) is 0 Å². The number of aliphatic hydroxyl groups excluding tert-OH is 3. The topological polar surface area (TPSA) is 156 Å². The number of hydroxylamine groups is 3. The summed E-state index contributed by atoms with van der Waals surface area (Å²) >= 11 is 0. The van der Waals surface area contributed by atoms with Gasteiger partial charge in [0.2, 0.25) is 5.91 Å². The highest BCUT2D eigenvalue weighted by Gasteiger charge is 2.45. The van der Waals surface area contributed by atoms with Gasteiger partial charge in [0.15, 0.2) is 5.44 Å². The summed E-state index contributed by atoms with van der Waals surface area (Å²) < 4.78 is 17.4. The van der Waals surface area contributed by atoms with E-state index in [-0.39, 0.29) is 31.2 Å². The smallest absolute Gasteiger partial charge is 0.226 e. The van der Waals surface area contributed by atoms with Crippen molar-refractivity contribution in [2.24, 2.45) is 5.41 Å². The number of carbonyl (C=O) groups is 2. The minimum absolute atomic E-state index is 0.0302. The van der Waals surface area contributed by atoms with Crippen molar-refractivity contribution in [2.75, 3.05) is 33.4 Å². The third-order valence-corrected chi connectivity index (χ3v) is 9.17. The molecule has 1 saturated heterocycles. The lowest BCUT2D eigenvalue weighted by atomic mass is 9.85. The first-order valence-corrected chi connectivity index (χ1v) is 16.6. The Morgan fingerprint density at radius 3 is 2.27 bits per heavy atom. The van der Waals surface area contributed by atoms with Gasteiger partial charge in [-0.15, -0.1) is 0 Å². The Balaban J connectivity index is 1.54. The van der Waals surface area contributed by atoms with Gasteiger partial charge in [0.05, 0.1) is 43.4 Å². The van der Waals surface area contributed by atoms with Gasteiger partial charge in [0.25, 0.3) is 0 Å². The van der Waals surface area contributed by atoms with Crippen LogP contribution in [0.2, 0.25) is 0 Å². The summed E-state index contributed by atoms with van der Waals surface area (Å²) in [6.45, 7) is 6.01. The molecule has 0 aliphatic carbocycles. The molecule has 1 amide bonds. The first-order valence-electron chi connectivity index (χ1n) is 15.0. The second-order valence-corrected chi connectivity index (χ2v) is 14.5. The average molecular weight is 633 g/mol. The molecule has 6 atom stereocenters. The number of carbonyl (C=O) groups excluding carboxylic acids is 2. The molecule has 3 rings (SSSR count). The molecule has 0 saturated carbocycles. The van der Waals surface area contributed by atoms with Crippen LogP contribution in [0.1, 0.15) is 67.0 Å². The normalized spacial score (nSPS) is 23.3. The van der Waals surface area contributed by atoms with Gasteiger partial charge in [-0.25, -0.2) is 0 Å². The minimum atomic E-state index is -1.56. The van der Waals surface area contributed by atoms with Crippen LogP contribution in [0.15, 0.2) is 42.5 Å². The van der Waals surface area contributed by atoms with Crippen LogP contribution in [0.3, 0.4) is 0 Å². The van der Waals surface area contributed by atoms with Gasteiger partial charge in [-0.1, -0.05) is 56.3 Å². The maximum atomic E-state index is 12.6. The highest BCUT2D eigenvalue weighted by Crippen LogP contribution is 2.34. The molecule has 1 aliphatic heterocycles. The molecule has 1 fully saturated rings. The second-order valence-electron chi connectivity index (χ2n) is 13.1. The molecular formula is C33H48N2O8S. The number of nitrogens with zero attached hydrogens (tertiary/aromatic N) is 1. The van der Waals surface area contributed by atoms with Crippen molar-refractivity contribution < 1.29 is 38.5 Å². The van der Waals surface area contributed by atoms with Gasteiger partial charge >= 0.3 is 0 Å². The highest BCUT2D eigenvalue weighted by atomic mass is 32.2. The molecule has 0 spiro atoms. The monoisotopic (exact) mass is 632 g/mol. The van der Waals surface area contributed by atoms with Crippen molar-refractivity contribution in [1.29, 1.82) is 0 Å². The van der Waals surface area contributed by atoms with E-state index in [2.05, 4.69) is 5.32 Å². The molecule has 4 N–H and O–H groups in total. The third-order valence-electron chi connectivity index (χ3n) is 8.13. The Labute approximate surface area is 263 Å². The van der Waals surface area contributed by atoms with E-state index >= 15 is 0 Å². The van der Waals surface area contributed by atoms with Crippen molar-refractivity contribution in [1.82, 2.24) is 5.32 Å². The summed E-state index contributed by atoms with van der Waals surface area (Å²) in [7, 11) is 1.47. The quantitative estimate of drug-likeness (QED) is 0.183. The number of amides is 1. The molecule has 0 radical (unpaired) electrons. The molecule has 0 bridgehead atoms. The van der Waals surface area contributed by atoms with Crippen molar-refractivity contribution in [2.45, 2.75) is 82.7 Å². The maximum Gasteiger partial charge on any atom is 0.226 e. The van der Waals surface area contributed by atoms with E-state index in [1.807, 2.05) is 43.3 Å². The zero-order valence-corrected chi connectivity index (χ0v) is 27.4. The number of Topliss-reactive ketones (excluding diaryl/α,β-unsaturated/α-hetero) is 1. The van der Waals surface area contributed by atoms with Gasteiger partial charge < -0.3 is 35.2 Å². The van der Waals surface area contributed by atoms with Gasteiger partial charge in [-0.2, -0.15) is 0 Å². The lowest BCUT2D eigenvalue weighted by Crippen LogP contribution is -2.55. The lowest BCUT2D eigenvalue weighted by molar-refractivity contribution is -0.838. The van der Waals surface area contributed by atoms with Gasteiger partial charge in [-0.3, -0.25) is 13.8 Å². The van der Waals surface area contributed by atoms with Crippen LogP contribution < -0.4 is 5.32 Å². The fourth-order valence-electron chi connectivity index (χ4n) is 5.33. The summed E-state index contributed by atoms with van der Waals surface area (Å²) in [6, 6.07) is 13.8. The Hall–Kier alpha value is -2.51. The molecule has 1 aliphatic rings. The van der Waals surface area contributed by atoms with E-state index in [1.54, 1.807) is 19.9 Å². The minimum Gasteiger partial charge on any atom is -0.633 e. The zero-order valence-electron chi connectivity index (χ0n) is 26.6. The summed E-state index contributed by atoms with van der Waals surface area (Å²) in [4.78, 5) is 25.1. The predicted octanol–water partition coefficient (Wildman–Crippen LogP) is 2.44. The van der Waals surface area contributed by atoms with Crippen LogP contribution in [0.4, 0.5) is 0 Å². The van der Waals surface area contributed by atoms with Crippen molar-refractivity contribution in [3.05, 3.63) is 75.5 Å². The van der Waals surface area contributed by atoms with E-state index in [4.69, 9.17) is 4.74 Å². The standard InChI is InChI=1S/C33H48N2O8S/c1-21-10-15-24(30-28(38)27(37)29(39)31(43-30)44(6)42)19-25(21)18-23-13-11-22(12-14-23)8-7-9-26(36)20-33(2,3)32(40)34-16-17-35(4,5)41/h10-15,19,27-31,37-39H,7-9,16-18,20H2,1-6H3,(H,34,40)/t27-,28-,29+,30+,31-,44?/m1/s1. The maximum absolute atomic E-state index is 12.6. The molecule has 11 heteroatoms. The van der Waals surface area contributed by atoms with Crippen molar-refractivity contribution in [3.8, 4) is 0 Å². The number of aliphatic hydroxyl groups is 3. The number of nitrogens with one attached hydrogen (secondary N) is 1. The lowest BCUT2D eigenvalue weighted by Gasteiger charge is -2.40. The number of rotatable bonds is 14. The molecule has 0 aromatic heterocycles. The van der Waals surface area contributed by atoms with Crippen LogP contribution in [-0.4, -0.2) is 93.1 Å². The Morgan fingerprint density at radius 2 is 1.66 bits per heavy atom. The first-order chi connectivity index (χ1) is 20.5. The van der Waals surface area contributed by atoms with Crippen LogP contribution in [0.25, 0.3) is 0 Å². The summed E-state index contributed by atoms with van der Waals surface area (Å²) in [5, 5.41) is 45.6. The summed E-state index contributed by atoms with van der Waals surface area (Å²) in [5.41, 5.74) is 2.92. The van der Waals surface area contributed by atoms with E-state index < -0.39 is 50.7 Å². The first kappa shape index (κ1) is 36.0. The zero-order chi connectivity index (χ0) is 32.8. The SMILES string of the molecule is Cc1ccc([C@@H]2O[C@H](S(C)=O)[C@@H](O)[C@H](O)[C@H]2O)cc1Cc1ccc(CCCC(=O)CC(C)(C)C(=O)NCC[N+](C)(C)[O-])cc1. The number of quaternary nitrogens is 1. The molecule has 44 heavy (non-hydrogen) atoms. The fraction of sp³-hybridized carbons (Fsp3) is 0.576. The molecular weight excluding hydrogens is 584 g/mol. The van der Waals surface area contributed by atoms with Crippen LogP contribution in [0, 0.1) is 17.5 Å². The molecule has 10 nitrogen and oxygen atoms in total. The number of ketones is 1. The Kier molecular flexibility index (Phi) is 12.4. The number of hydrogen-bond donors (Lipinski definition) is 4. The van der Waals surface area contributed by atoms with Gasteiger partial charge in [0, 0.05) is 19.1 Å². The Bertz CT molecular complexity index is 1310. The molecule has 2 aromatic rings. The number of hydrogen-bond acceptors (Lipinski definition) is 8. The van der Waals surface area contributed by atoms with Crippen LogP contribution in [0.5, 0.6) is 0 Å². The molecule has 1 unspecified atom stereocenters.